The molecule has 0 unspecified atom stereocenters. The zero-order valence-electron chi connectivity index (χ0n) is 16.5. The maximum Gasteiger partial charge on any atom is 0.387 e. The molecule has 3 aromatic carbocycles. The maximum atomic E-state index is 13.3. The van der Waals surface area contributed by atoms with E-state index in [1.54, 1.807) is 0 Å². The number of fused-ring (bicyclic) bond motifs is 2. The van der Waals surface area contributed by atoms with Crippen LogP contribution in [-0.2, 0) is 17.8 Å². The Morgan fingerprint density at radius 2 is 1.64 bits per heavy atom. The van der Waals surface area contributed by atoms with Crippen LogP contribution in [0.15, 0.2) is 42.5 Å². The van der Waals surface area contributed by atoms with Gasteiger partial charge in [-0.05, 0) is 17.7 Å². The molecular formula is C22H14ClF4NO5. The van der Waals surface area contributed by atoms with E-state index in [2.05, 4.69) is 4.74 Å². The summed E-state index contributed by atoms with van der Waals surface area (Å²) in [6, 6.07) is 9.92. The van der Waals surface area contributed by atoms with Gasteiger partial charge in [-0.25, -0.2) is 0 Å². The minimum absolute atomic E-state index is 0.00491. The summed E-state index contributed by atoms with van der Waals surface area (Å²) in [4.78, 5) is 25.3. The van der Waals surface area contributed by atoms with Crippen LogP contribution in [-0.4, -0.2) is 30.2 Å². The smallest absolute Gasteiger partial charge is 0.387 e. The van der Waals surface area contributed by atoms with E-state index in [0.29, 0.717) is 5.56 Å². The first-order chi connectivity index (χ1) is 15.7. The van der Waals surface area contributed by atoms with Crippen molar-refractivity contribution in [2.45, 2.75) is 26.2 Å². The lowest BCUT2D eigenvalue weighted by molar-refractivity contribution is -0.136. The second-order valence-electron chi connectivity index (χ2n) is 7.06. The monoisotopic (exact) mass is 483 g/mol. The van der Waals surface area contributed by atoms with Gasteiger partial charge in [0.1, 0.15) is 11.5 Å². The number of benzene rings is 3. The van der Waals surface area contributed by atoms with Gasteiger partial charge in [0.2, 0.25) is 0 Å². The van der Waals surface area contributed by atoms with Crippen LogP contribution < -0.4 is 14.4 Å². The molecule has 1 amide bonds. The second kappa shape index (κ2) is 8.78. The zero-order chi connectivity index (χ0) is 23.9. The molecule has 33 heavy (non-hydrogen) atoms. The molecule has 0 atom stereocenters. The number of rotatable bonds is 7. The van der Waals surface area contributed by atoms with Crippen molar-refractivity contribution >= 4 is 39.9 Å². The normalized spacial score (nSPS) is 13.2. The minimum atomic E-state index is -3.28. The Bertz CT molecular complexity index is 1270. The number of ether oxygens (including phenoxy) is 2. The molecular weight excluding hydrogens is 470 g/mol. The molecule has 0 saturated heterocycles. The van der Waals surface area contributed by atoms with Gasteiger partial charge in [-0.15, -0.1) is 0 Å². The Hall–Kier alpha value is -3.53. The molecule has 3 aromatic rings. The molecule has 1 heterocycles. The summed E-state index contributed by atoms with van der Waals surface area (Å²) in [5.41, 5.74) is 0.118. The van der Waals surface area contributed by atoms with Crippen molar-refractivity contribution in [3.8, 4) is 11.5 Å². The molecule has 11 heteroatoms. The molecule has 1 aliphatic rings. The number of carbonyl (C=O) groups excluding carboxylic acids is 1. The fourth-order valence-corrected chi connectivity index (χ4v) is 4.16. The van der Waals surface area contributed by atoms with Crippen LogP contribution in [0.4, 0.5) is 23.2 Å². The first-order valence-electron chi connectivity index (χ1n) is 9.46. The van der Waals surface area contributed by atoms with Gasteiger partial charge in [0.25, 0.3) is 5.91 Å². The van der Waals surface area contributed by atoms with Crippen molar-refractivity contribution in [2.75, 3.05) is 4.90 Å². The van der Waals surface area contributed by atoms with Gasteiger partial charge in [-0.2, -0.15) is 17.6 Å². The van der Waals surface area contributed by atoms with Gasteiger partial charge in [0.15, 0.2) is 0 Å². The standard InChI is InChI=1S/C22H14ClF4NO5/c23-14-7-10(8-16(29)30)5-6-15(14)28-9-13-17(20(28)31)19(33-22(26)27)12-4-2-1-3-11(12)18(13)32-21(24)25/h1-7,21-22H,8-9H2,(H,29,30). The van der Waals surface area contributed by atoms with Gasteiger partial charge in [0.05, 0.1) is 29.2 Å². The average Bonchev–Trinajstić information content (AvgIpc) is 3.06. The number of amides is 1. The Kier molecular flexibility index (Phi) is 6.03. The third-order valence-corrected chi connectivity index (χ3v) is 5.37. The van der Waals surface area contributed by atoms with Crippen LogP contribution in [0.25, 0.3) is 10.8 Å². The van der Waals surface area contributed by atoms with Gasteiger partial charge in [-0.1, -0.05) is 41.9 Å². The van der Waals surface area contributed by atoms with E-state index in [9.17, 15) is 27.2 Å². The maximum absolute atomic E-state index is 13.3. The Balaban J connectivity index is 1.89. The topological polar surface area (TPSA) is 76.1 Å². The number of aliphatic carboxylic acids is 1. The molecule has 0 fully saturated rings. The molecule has 4 rings (SSSR count). The quantitative estimate of drug-likeness (QED) is 0.450. The van der Waals surface area contributed by atoms with Gasteiger partial charge >= 0.3 is 19.2 Å². The number of hydrogen-bond acceptors (Lipinski definition) is 4. The Labute approximate surface area is 188 Å². The molecule has 0 aromatic heterocycles. The molecule has 0 spiro atoms. The molecule has 6 nitrogen and oxygen atoms in total. The average molecular weight is 484 g/mol. The van der Waals surface area contributed by atoms with Crippen LogP contribution in [0.2, 0.25) is 5.02 Å². The lowest BCUT2D eigenvalue weighted by Crippen LogP contribution is -2.24. The van der Waals surface area contributed by atoms with E-state index < -0.39 is 30.8 Å². The van der Waals surface area contributed by atoms with Crippen molar-refractivity contribution in [1.82, 2.24) is 0 Å². The second-order valence-corrected chi connectivity index (χ2v) is 7.47. The summed E-state index contributed by atoms with van der Waals surface area (Å²) in [7, 11) is 0. The van der Waals surface area contributed by atoms with Crippen molar-refractivity contribution in [1.29, 1.82) is 0 Å². The van der Waals surface area contributed by atoms with Crippen LogP contribution in [0.3, 0.4) is 0 Å². The highest BCUT2D eigenvalue weighted by Gasteiger charge is 2.38. The molecule has 0 radical (unpaired) electrons. The largest absolute Gasteiger partial charge is 0.481 e. The number of carboxylic acids is 1. The first-order valence-corrected chi connectivity index (χ1v) is 9.84. The highest BCUT2D eigenvalue weighted by atomic mass is 35.5. The third kappa shape index (κ3) is 4.25. The molecule has 0 bridgehead atoms. The number of hydrogen-bond donors (Lipinski definition) is 1. The number of carbonyl (C=O) groups is 2. The Morgan fingerprint density at radius 1 is 1.03 bits per heavy atom. The number of alkyl halides is 4. The highest BCUT2D eigenvalue weighted by molar-refractivity contribution is 6.34. The van der Waals surface area contributed by atoms with Gasteiger partial charge in [-0.3, -0.25) is 9.59 Å². The van der Waals surface area contributed by atoms with E-state index in [0.717, 1.165) is 4.90 Å². The van der Waals surface area contributed by atoms with Crippen LogP contribution >= 0.6 is 11.6 Å². The van der Waals surface area contributed by atoms with Crippen molar-refractivity contribution in [3.63, 3.8) is 0 Å². The number of halogens is 5. The molecule has 1 aliphatic heterocycles. The van der Waals surface area contributed by atoms with Gasteiger partial charge < -0.3 is 19.5 Å². The molecule has 0 aliphatic carbocycles. The molecule has 0 saturated carbocycles. The predicted molar refractivity (Wildman–Crippen MR) is 111 cm³/mol. The lowest BCUT2D eigenvalue weighted by Gasteiger charge is -2.18. The highest BCUT2D eigenvalue weighted by Crippen LogP contribution is 2.47. The SMILES string of the molecule is O=C(O)Cc1ccc(N2Cc3c(c(OC(F)F)c4ccccc4c3OC(F)F)C2=O)c(Cl)c1. The number of nitrogens with zero attached hydrogens (tertiary/aromatic N) is 1. The zero-order valence-corrected chi connectivity index (χ0v) is 17.3. The lowest BCUT2D eigenvalue weighted by atomic mass is 9.99. The van der Waals surface area contributed by atoms with Crippen molar-refractivity contribution in [3.05, 3.63) is 64.2 Å². The summed E-state index contributed by atoms with van der Waals surface area (Å²) >= 11 is 6.26. The molecule has 1 N–H and O–H groups in total. The van der Waals surface area contributed by atoms with Crippen LogP contribution in [0.1, 0.15) is 21.5 Å². The summed E-state index contributed by atoms with van der Waals surface area (Å²) in [5, 5.41) is 9.04. The van der Waals surface area contributed by atoms with Crippen LogP contribution in [0, 0.1) is 0 Å². The predicted octanol–water partition coefficient (Wildman–Crippen LogP) is 5.48. The summed E-state index contributed by atoms with van der Waals surface area (Å²) in [5.74, 6) is -2.67. The van der Waals surface area contributed by atoms with E-state index in [4.69, 9.17) is 21.4 Å². The van der Waals surface area contributed by atoms with E-state index in [1.165, 1.54) is 42.5 Å². The van der Waals surface area contributed by atoms with E-state index >= 15 is 0 Å². The number of carboxylic acid groups (broad SMARTS) is 1. The first kappa shape index (κ1) is 22.7. The Morgan fingerprint density at radius 3 is 2.21 bits per heavy atom. The fourth-order valence-electron chi connectivity index (χ4n) is 3.85. The van der Waals surface area contributed by atoms with Gasteiger partial charge in [0, 0.05) is 16.3 Å². The summed E-state index contributed by atoms with van der Waals surface area (Å²) in [6.45, 7) is -6.82. The minimum Gasteiger partial charge on any atom is -0.481 e. The third-order valence-electron chi connectivity index (χ3n) is 5.07. The fraction of sp³-hybridized carbons (Fsp3) is 0.182. The van der Waals surface area contributed by atoms with Crippen molar-refractivity contribution < 1.29 is 41.7 Å². The van der Waals surface area contributed by atoms with E-state index in [-0.39, 0.29) is 51.3 Å². The van der Waals surface area contributed by atoms with Crippen molar-refractivity contribution in [2.24, 2.45) is 0 Å². The molecule has 172 valence electrons. The van der Waals surface area contributed by atoms with Crippen LogP contribution in [0.5, 0.6) is 11.5 Å². The summed E-state index contributed by atoms with van der Waals surface area (Å²) in [6.07, 6.45) is -0.307. The number of anilines is 1. The summed E-state index contributed by atoms with van der Waals surface area (Å²) < 4.78 is 62.2. The van der Waals surface area contributed by atoms with E-state index in [1.807, 2.05) is 0 Å².